The van der Waals surface area contributed by atoms with Crippen LogP contribution in [0, 0.1) is 0 Å². The molecule has 5 nitrogen and oxygen atoms in total. The fourth-order valence-corrected chi connectivity index (χ4v) is 1.61. The number of aromatic nitrogens is 2. The summed E-state index contributed by atoms with van der Waals surface area (Å²) >= 11 is 3.16. The summed E-state index contributed by atoms with van der Waals surface area (Å²) in [5.41, 5.74) is 5.15. The molecule has 1 fully saturated rings. The summed E-state index contributed by atoms with van der Waals surface area (Å²) in [6.45, 7) is 0. The maximum Gasteiger partial charge on any atom is 0.245 e. The minimum atomic E-state index is -0.700. The number of carbonyl (C=O) groups excluding carboxylic acids is 1. The Kier molecular flexibility index (Phi) is 2.70. The molecule has 80 valence electrons. The monoisotopic (exact) mass is 270 g/mol. The predicted molar refractivity (Wildman–Crippen MR) is 59.1 cm³/mol. The van der Waals surface area contributed by atoms with Crippen LogP contribution in [0.4, 0.5) is 5.82 Å². The predicted octanol–water partition coefficient (Wildman–Crippen LogP) is 1.06. The third kappa shape index (κ3) is 2.15. The Balaban J connectivity index is 2.02. The Labute approximate surface area is 95.6 Å². The standard InChI is InChI=1S/C9H11BrN4O/c10-6-4-13-7(5-12-6)14-8(15)9(11)2-1-3-9/h4-5H,1-3,11H2,(H,13,14,15). The van der Waals surface area contributed by atoms with Crippen LogP contribution in [-0.4, -0.2) is 21.4 Å². The molecule has 3 N–H and O–H groups in total. The normalized spacial score (nSPS) is 18.0. The van der Waals surface area contributed by atoms with Crippen LogP contribution in [0.5, 0.6) is 0 Å². The van der Waals surface area contributed by atoms with Crippen molar-refractivity contribution < 1.29 is 4.79 Å². The van der Waals surface area contributed by atoms with Gasteiger partial charge in [0.05, 0.1) is 17.9 Å². The molecule has 0 spiro atoms. The molecule has 1 amide bonds. The summed E-state index contributed by atoms with van der Waals surface area (Å²) in [6, 6.07) is 0. The number of hydrogen-bond acceptors (Lipinski definition) is 4. The molecule has 1 aliphatic rings. The smallest absolute Gasteiger partial charge is 0.245 e. The van der Waals surface area contributed by atoms with E-state index in [9.17, 15) is 4.79 Å². The van der Waals surface area contributed by atoms with Gasteiger partial charge < -0.3 is 11.1 Å². The van der Waals surface area contributed by atoms with Crippen molar-refractivity contribution in [3.05, 3.63) is 17.0 Å². The molecular weight excluding hydrogens is 260 g/mol. The lowest BCUT2D eigenvalue weighted by Gasteiger charge is -2.35. The number of hydrogen-bond donors (Lipinski definition) is 2. The fourth-order valence-electron chi connectivity index (χ4n) is 1.40. The topological polar surface area (TPSA) is 80.9 Å². The van der Waals surface area contributed by atoms with E-state index in [4.69, 9.17) is 5.73 Å². The number of nitrogens with two attached hydrogens (primary N) is 1. The number of halogens is 1. The number of nitrogens with zero attached hydrogens (tertiary/aromatic N) is 2. The number of anilines is 1. The quantitative estimate of drug-likeness (QED) is 0.842. The summed E-state index contributed by atoms with van der Waals surface area (Å²) in [6.07, 6.45) is 5.51. The second-order valence-corrected chi connectivity index (χ2v) is 4.50. The molecule has 0 aromatic carbocycles. The zero-order valence-corrected chi connectivity index (χ0v) is 9.62. The number of amides is 1. The van der Waals surface area contributed by atoms with Crippen molar-refractivity contribution in [2.75, 3.05) is 5.32 Å². The maximum atomic E-state index is 11.7. The largest absolute Gasteiger partial charge is 0.317 e. The van der Waals surface area contributed by atoms with Crippen LogP contribution in [0.2, 0.25) is 0 Å². The number of rotatable bonds is 2. The first-order valence-corrected chi connectivity index (χ1v) is 5.47. The van der Waals surface area contributed by atoms with Gasteiger partial charge in [-0.3, -0.25) is 4.79 Å². The highest BCUT2D eigenvalue weighted by Crippen LogP contribution is 2.29. The zero-order chi connectivity index (χ0) is 10.9. The molecule has 1 aromatic rings. The summed E-state index contributed by atoms with van der Waals surface area (Å²) < 4.78 is 0.631. The van der Waals surface area contributed by atoms with Crippen molar-refractivity contribution in [1.29, 1.82) is 0 Å². The first kappa shape index (κ1) is 10.5. The molecule has 0 aliphatic heterocycles. The van der Waals surface area contributed by atoms with Crippen LogP contribution < -0.4 is 11.1 Å². The minimum absolute atomic E-state index is 0.176. The Morgan fingerprint density at radius 3 is 2.67 bits per heavy atom. The van der Waals surface area contributed by atoms with Gasteiger partial charge in [-0.15, -0.1) is 0 Å². The lowest BCUT2D eigenvalue weighted by Crippen LogP contribution is -2.56. The van der Waals surface area contributed by atoms with E-state index in [1.807, 2.05) is 0 Å². The first-order chi connectivity index (χ1) is 7.10. The molecule has 0 atom stereocenters. The molecule has 1 heterocycles. The lowest BCUT2D eigenvalue weighted by molar-refractivity contribution is -0.123. The molecule has 15 heavy (non-hydrogen) atoms. The molecule has 1 saturated carbocycles. The van der Waals surface area contributed by atoms with Crippen LogP contribution in [0.3, 0.4) is 0 Å². The van der Waals surface area contributed by atoms with Crippen molar-refractivity contribution in [3.63, 3.8) is 0 Å². The second kappa shape index (κ2) is 3.86. The van der Waals surface area contributed by atoms with E-state index in [0.29, 0.717) is 10.4 Å². The average Bonchev–Trinajstić information content (AvgIpc) is 2.18. The van der Waals surface area contributed by atoms with E-state index < -0.39 is 5.54 Å². The Hall–Kier alpha value is -1.01. The fraction of sp³-hybridized carbons (Fsp3) is 0.444. The van der Waals surface area contributed by atoms with Crippen molar-refractivity contribution >= 4 is 27.7 Å². The van der Waals surface area contributed by atoms with Gasteiger partial charge in [0, 0.05) is 0 Å². The molecule has 0 radical (unpaired) electrons. The van der Waals surface area contributed by atoms with Gasteiger partial charge in [-0.05, 0) is 35.2 Å². The van der Waals surface area contributed by atoms with Crippen molar-refractivity contribution in [2.24, 2.45) is 5.73 Å². The molecular formula is C9H11BrN4O. The van der Waals surface area contributed by atoms with Crippen LogP contribution in [0.25, 0.3) is 0 Å². The van der Waals surface area contributed by atoms with Gasteiger partial charge in [0.15, 0.2) is 5.82 Å². The maximum absolute atomic E-state index is 11.7. The molecule has 0 unspecified atom stereocenters. The van der Waals surface area contributed by atoms with E-state index in [1.165, 1.54) is 12.4 Å². The van der Waals surface area contributed by atoms with Crippen LogP contribution in [0.15, 0.2) is 17.0 Å². The minimum Gasteiger partial charge on any atom is -0.317 e. The van der Waals surface area contributed by atoms with E-state index in [-0.39, 0.29) is 5.91 Å². The third-order valence-corrected chi connectivity index (χ3v) is 2.97. The third-order valence-electron chi connectivity index (χ3n) is 2.56. The van der Waals surface area contributed by atoms with Crippen LogP contribution in [0.1, 0.15) is 19.3 Å². The SMILES string of the molecule is NC1(C(=O)Nc2cnc(Br)cn2)CCC1. The highest BCUT2D eigenvalue weighted by Gasteiger charge is 2.40. The van der Waals surface area contributed by atoms with Gasteiger partial charge in [0.1, 0.15) is 4.60 Å². The molecule has 0 bridgehead atoms. The van der Waals surface area contributed by atoms with Crippen molar-refractivity contribution in [2.45, 2.75) is 24.8 Å². The van der Waals surface area contributed by atoms with Crippen LogP contribution in [-0.2, 0) is 4.79 Å². The van der Waals surface area contributed by atoms with Gasteiger partial charge in [0.2, 0.25) is 5.91 Å². The molecule has 1 aromatic heterocycles. The molecule has 2 rings (SSSR count). The summed E-state index contributed by atoms with van der Waals surface area (Å²) in [7, 11) is 0. The second-order valence-electron chi connectivity index (χ2n) is 3.69. The average molecular weight is 271 g/mol. The van der Waals surface area contributed by atoms with Crippen molar-refractivity contribution in [3.8, 4) is 0 Å². The van der Waals surface area contributed by atoms with E-state index in [0.717, 1.165) is 19.3 Å². The molecule has 6 heteroatoms. The Bertz CT molecular complexity index is 374. The van der Waals surface area contributed by atoms with Gasteiger partial charge >= 0.3 is 0 Å². The Morgan fingerprint density at radius 1 is 1.47 bits per heavy atom. The van der Waals surface area contributed by atoms with E-state index >= 15 is 0 Å². The molecule has 1 aliphatic carbocycles. The Morgan fingerprint density at radius 2 is 2.20 bits per heavy atom. The first-order valence-electron chi connectivity index (χ1n) is 4.68. The zero-order valence-electron chi connectivity index (χ0n) is 8.03. The number of carbonyl (C=O) groups is 1. The highest BCUT2D eigenvalue weighted by atomic mass is 79.9. The summed E-state index contributed by atoms with van der Waals surface area (Å²) in [5.74, 6) is 0.255. The lowest BCUT2D eigenvalue weighted by atomic mass is 9.77. The van der Waals surface area contributed by atoms with Gasteiger partial charge in [-0.25, -0.2) is 9.97 Å². The van der Waals surface area contributed by atoms with E-state index in [2.05, 4.69) is 31.2 Å². The summed E-state index contributed by atoms with van der Waals surface area (Å²) in [5, 5.41) is 2.65. The van der Waals surface area contributed by atoms with Crippen molar-refractivity contribution in [1.82, 2.24) is 9.97 Å². The number of nitrogens with one attached hydrogen (secondary N) is 1. The molecule has 0 saturated heterocycles. The van der Waals surface area contributed by atoms with Gasteiger partial charge in [-0.1, -0.05) is 0 Å². The van der Waals surface area contributed by atoms with Crippen LogP contribution >= 0.6 is 15.9 Å². The summed E-state index contributed by atoms with van der Waals surface area (Å²) in [4.78, 5) is 19.6. The van der Waals surface area contributed by atoms with Gasteiger partial charge in [0.25, 0.3) is 0 Å². The van der Waals surface area contributed by atoms with E-state index in [1.54, 1.807) is 0 Å². The van der Waals surface area contributed by atoms with Gasteiger partial charge in [-0.2, -0.15) is 0 Å². The highest BCUT2D eigenvalue weighted by molar-refractivity contribution is 9.10.